The Kier molecular flexibility index (Phi) is 8.45. The molecule has 0 aliphatic heterocycles. The van der Waals surface area contributed by atoms with Gasteiger partial charge in [-0.1, -0.05) is 48.0 Å². The van der Waals surface area contributed by atoms with E-state index in [9.17, 15) is 24.3 Å². The average molecular weight is 504 g/mol. The SMILES string of the molecule is Cc1oc(=O)oc1COC(=O)C(O)C[C@@H](Cc1ccc(-c2cccc(Cl)c2)cc1)NC(=O)C(=O)O. The number of hydrogen-bond acceptors (Lipinski definition) is 8. The first-order valence-corrected chi connectivity index (χ1v) is 10.8. The monoisotopic (exact) mass is 503 g/mol. The molecule has 2 aromatic carbocycles. The zero-order valence-corrected chi connectivity index (χ0v) is 19.3. The van der Waals surface area contributed by atoms with Gasteiger partial charge in [0.15, 0.2) is 24.2 Å². The lowest BCUT2D eigenvalue weighted by Gasteiger charge is -2.20. The molecule has 0 bridgehead atoms. The van der Waals surface area contributed by atoms with Crippen LogP contribution >= 0.6 is 11.6 Å². The van der Waals surface area contributed by atoms with E-state index in [1.54, 1.807) is 18.2 Å². The highest BCUT2D eigenvalue weighted by molar-refractivity contribution is 6.31. The normalized spacial score (nSPS) is 12.5. The van der Waals surface area contributed by atoms with E-state index in [4.69, 9.17) is 25.9 Å². The minimum absolute atomic E-state index is 0.00827. The van der Waals surface area contributed by atoms with Gasteiger partial charge < -0.3 is 29.1 Å². The third-order valence-electron chi connectivity index (χ3n) is 5.08. The van der Waals surface area contributed by atoms with Crippen molar-refractivity contribution in [3.8, 4) is 11.1 Å². The van der Waals surface area contributed by atoms with Crippen LogP contribution in [0.3, 0.4) is 0 Å². The van der Waals surface area contributed by atoms with Crippen LogP contribution in [0.5, 0.6) is 0 Å². The van der Waals surface area contributed by atoms with Gasteiger partial charge in [-0.15, -0.1) is 0 Å². The predicted molar refractivity (Wildman–Crippen MR) is 123 cm³/mol. The third-order valence-corrected chi connectivity index (χ3v) is 5.32. The number of benzene rings is 2. The zero-order chi connectivity index (χ0) is 25.5. The largest absolute Gasteiger partial charge is 0.519 e. The highest BCUT2D eigenvalue weighted by Crippen LogP contribution is 2.23. The van der Waals surface area contributed by atoms with Crippen molar-refractivity contribution in [3.63, 3.8) is 0 Å². The minimum atomic E-state index is -1.70. The van der Waals surface area contributed by atoms with Crippen molar-refractivity contribution in [3.05, 3.63) is 81.3 Å². The molecule has 3 aromatic rings. The number of aryl methyl sites for hydroxylation is 1. The van der Waals surface area contributed by atoms with Crippen LogP contribution in [0.25, 0.3) is 11.1 Å². The molecule has 3 N–H and O–H groups in total. The molecular weight excluding hydrogens is 482 g/mol. The lowest BCUT2D eigenvalue weighted by Crippen LogP contribution is -2.43. The van der Waals surface area contributed by atoms with Gasteiger partial charge in [-0.25, -0.2) is 14.4 Å². The molecule has 1 heterocycles. The summed E-state index contributed by atoms with van der Waals surface area (Å²) in [6.45, 7) is 1.00. The number of carboxylic acid groups (broad SMARTS) is 1. The van der Waals surface area contributed by atoms with Crippen molar-refractivity contribution in [2.45, 2.75) is 38.5 Å². The number of aliphatic hydroxyl groups is 1. The van der Waals surface area contributed by atoms with Crippen molar-refractivity contribution in [2.24, 2.45) is 0 Å². The van der Waals surface area contributed by atoms with Gasteiger partial charge in [0.25, 0.3) is 0 Å². The number of carbonyl (C=O) groups is 3. The minimum Gasteiger partial charge on any atom is -0.474 e. The highest BCUT2D eigenvalue weighted by atomic mass is 35.5. The van der Waals surface area contributed by atoms with Gasteiger partial charge in [-0.3, -0.25) is 4.79 Å². The smallest absolute Gasteiger partial charge is 0.474 e. The molecule has 0 fully saturated rings. The summed E-state index contributed by atoms with van der Waals surface area (Å²) in [5.74, 6) is -4.85. The molecule has 0 spiro atoms. The van der Waals surface area contributed by atoms with Crippen molar-refractivity contribution in [2.75, 3.05) is 0 Å². The Labute approximate surface area is 204 Å². The second-order valence-electron chi connectivity index (χ2n) is 7.68. The van der Waals surface area contributed by atoms with E-state index in [1.165, 1.54) is 6.92 Å². The summed E-state index contributed by atoms with van der Waals surface area (Å²) in [7, 11) is 0. The molecule has 35 heavy (non-hydrogen) atoms. The molecule has 2 atom stereocenters. The van der Waals surface area contributed by atoms with Crippen LogP contribution in [-0.2, 0) is 32.1 Å². The Balaban J connectivity index is 1.66. The van der Waals surface area contributed by atoms with E-state index in [0.29, 0.717) is 5.02 Å². The quantitative estimate of drug-likeness (QED) is 0.295. The highest BCUT2D eigenvalue weighted by Gasteiger charge is 2.26. The van der Waals surface area contributed by atoms with E-state index in [2.05, 4.69) is 9.73 Å². The molecule has 1 amide bonds. The lowest BCUT2D eigenvalue weighted by molar-refractivity contribution is -0.156. The standard InChI is InChI=1S/C24H22ClNO9/c1-13-20(35-24(32)34-13)12-33-23(31)19(27)11-18(26-21(28)22(29)30)9-14-5-7-15(8-6-14)16-3-2-4-17(25)10-16/h2-8,10,18-19,27H,9,11-12H2,1H3,(H,26,28)(H,29,30)/t18-,19?/m1/s1. The fraction of sp³-hybridized carbons (Fsp3) is 0.250. The Morgan fingerprint density at radius 3 is 2.40 bits per heavy atom. The molecule has 0 aliphatic carbocycles. The third kappa shape index (κ3) is 7.29. The second-order valence-corrected chi connectivity index (χ2v) is 8.12. The molecule has 11 heteroatoms. The summed E-state index contributed by atoms with van der Waals surface area (Å²) in [5, 5.41) is 22.1. The van der Waals surface area contributed by atoms with Crippen LogP contribution in [0, 0.1) is 6.92 Å². The Morgan fingerprint density at radius 2 is 1.80 bits per heavy atom. The summed E-state index contributed by atoms with van der Waals surface area (Å²) >= 11 is 6.04. The first-order valence-electron chi connectivity index (χ1n) is 10.4. The molecule has 0 radical (unpaired) electrons. The maximum atomic E-state index is 12.2. The first-order chi connectivity index (χ1) is 16.6. The molecule has 0 saturated carbocycles. The summed E-state index contributed by atoms with van der Waals surface area (Å²) < 4.78 is 14.3. The van der Waals surface area contributed by atoms with E-state index in [-0.39, 0.29) is 24.4 Å². The van der Waals surface area contributed by atoms with E-state index in [1.807, 2.05) is 30.3 Å². The number of carboxylic acids is 1. The Bertz CT molecular complexity index is 1260. The number of aliphatic carboxylic acids is 1. The summed E-state index contributed by atoms with van der Waals surface area (Å²) in [6, 6.07) is 13.6. The Hall–Kier alpha value is -3.89. The lowest BCUT2D eigenvalue weighted by atomic mass is 9.98. The van der Waals surface area contributed by atoms with Crippen LogP contribution in [0.2, 0.25) is 5.02 Å². The number of halogens is 1. The maximum Gasteiger partial charge on any atom is 0.519 e. The molecule has 10 nitrogen and oxygen atoms in total. The molecule has 0 saturated heterocycles. The van der Waals surface area contributed by atoms with Gasteiger partial charge in [-0.05, 0) is 42.2 Å². The topological polar surface area (TPSA) is 156 Å². The Morgan fingerprint density at radius 1 is 1.09 bits per heavy atom. The summed E-state index contributed by atoms with van der Waals surface area (Å²) in [4.78, 5) is 46.0. The van der Waals surface area contributed by atoms with Crippen LogP contribution < -0.4 is 11.1 Å². The van der Waals surface area contributed by atoms with Crippen LogP contribution in [0.15, 0.2) is 62.2 Å². The number of hydrogen-bond donors (Lipinski definition) is 3. The summed E-state index contributed by atoms with van der Waals surface area (Å²) in [5.41, 5.74) is 2.52. The van der Waals surface area contributed by atoms with Crippen molar-refractivity contribution in [1.82, 2.24) is 5.32 Å². The molecular formula is C24H22ClNO9. The second kappa shape index (κ2) is 11.5. The maximum absolute atomic E-state index is 12.2. The molecule has 184 valence electrons. The van der Waals surface area contributed by atoms with Gasteiger partial charge in [-0.2, -0.15) is 0 Å². The number of nitrogens with one attached hydrogen (secondary N) is 1. The fourth-order valence-corrected chi connectivity index (χ4v) is 3.52. The van der Waals surface area contributed by atoms with Gasteiger partial charge in [0.1, 0.15) is 0 Å². The molecule has 1 aromatic heterocycles. The van der Waals surface area contributed by atoms with Crippen molar-refractivity contribution in [1.29, 1.82) is 0 Å². The molecule has 0 aliphatic rings. The van der Waals surface area contributed by atoms with Gasteiger partial charge in [0.05, 0.1) is 0 Å². The number of esters is 1. The average Bonchev–Trinajstić information content (AvgIpc) is 3.14. The van der Waals surface area contributed by atoms with Crippen LogP contribution in [0.4, 0.5) is 0 Å². The summed E-state index contributed by atoms with van der Waals surface area (Å²) in [6.07, 6.45) is -1.87. The first kappa shape index (κ1) is 25.7. The van der Waals surface area contributed by atoms with E-state index >= 15 is 0 Å². The van der Waals surface area contributed by atoms with E-state index < -0.39 is 42.4 Å². The van der Waals surface area contributed by atoms with Gasteiger partial charge in [0.2, 0.25) is 0 Å². The van der Waals surface area contributed by atoms with Crippen molar-refractivity contribution >= 4 is 29.4 Å². The van der Waals surface area contributed by atoms with Crippen LogP contribution in [0.1, 0.15) is 23.5 Å². The van der Waals surface area contributed by atoms with Gasteiger partial charge in [0, 0.05) is 17.5 Å². The number of rotatable bonds is 9. The number of carbonyl (C=O) groups excluding carboxylic acids is 2. The van der Waals surface area contributed by atoms with Crippen LogP contribution in [-0.4, -0.2) is 40.2 Å². The molecule has 3 rings (SSSR count). The van der Waals surface area contributed by atoms with Crippen molar-refractivity contribution < 1.29 is 38.2 Å². The molecule has 1 unspecified atom stereocenters. The number of amides is 1. The predicted octanol–water partition coefficient (Wildman–Crippen LogP) is 2.47. The van der Waals surface area contributed by atoms with E-state index in [0.717, 1.165) is 16.7 Å². The van der Waals surface area contributed by atoms with Gasteiger partial charge >= 0.3 is 23.7 Å². The fourth-order valence-electron chi connectivity index (χ4n) is 3.33. The number of aliphatic hydroxyl groups excluding tert-OH is 1. The number of ether oxygens (including phenoxy) is 1. The zero-order valence-electron chi connectivity index (χ0n) is 18.5.